The van der Waals surface area contributed by atoms with Crippen molar-refractivity contribution in [3.05, 3.63) is 63.6 Å². The van der Waals surface area contributed by atoms with Crippen molar-refractivity contribution < 1.29 is 19.1 Å². The van der Waals surface area contributed by atoms with Crippen molar-refractivity contribution in [2.45, 2.75) is 6.42 Å². The van der Waals surface area contributed by atoms with Gasteiger partial charge in [0.15, 0.2) is 0 Å². The first-order valence-corrected chi connectivity index (χ1v) is 8.46. The van der Waals surface area contributed by atoms with Crippen LogP contribution in [0.5, 0.6) is 0 Å². The van der Waals surface area contributed by atoms with Crippen LogP contribution in [-0.2, 0) is 4.74 Å². The lowest BCUT2D eigenvalue weighted by molar-refractivity contribution is 0.0483. The molecule has 6 nitrogen and oxygen atoms in total. The number of nitrogens with two attached hydrogens (primary N) is 1. The molecule has 0 aromatic heterocycles. The second kappa shape index (κ2) is 7.06. The lowest BCUT2D eigenvalue weighted by atomic mass is 10.1. The summed E-state index contributed by atoms with van der Waals surface area (Å²) in [6, 6.07) is 11.7. The van der Waals surface area contributed by atoms with Gasteiger partial charge in [-0.25, -0.2) is 4.79 Å². The molecule has 25 heavy (non-hydrogen) atoms. The number of hydrogen-bond donors (Lipinski definition) is 1. The summed E-state index contributed by atoms with van der Waals surface area (Å²) in [5.74, 6) is -1.17. The molecule has 0 radical (unpaired) electrons. The molecule has 2 aromatic carbocycles. The quantitative estimate of drug-likeness (QED) is 0.359. The number of esters is 1. The lowest BCUT2D eigenvalue weighted by Gasteiger charge is -2.14. The van der Waals surface area contributed by atoms with Gasteiger partial charge in [-0.15, -0.1) is 0 Å². The fourth-order valence-electron chi connectivity index (χ4n) is 2.62. The highest BCUT2D eigenvalue weighted by Gasteiger charge is 2.34. The first-order chi connectivity index (χ1) is 12.0. The molecule has 7 heteroatoms. The molecular formula is C18H15BrN2O4. The number of nitrogens with zero attached hydrogens (tertiary/aromatic N) is 1. The highest BCUT2D eigenvalue weighted by Crippen LogP contribution is 2.24. The number of carbonyl (C=O) groups excluding carboxylic acids is 3. The van der Waals surface area contributed by atoms with Crippen LogP contribution in [0, 0.1) is 0 Å². The minimum atomic E-state index is -0.541. The number of hydrogen-bond acceptors (Lipinski definition) is 5. The predicted molar refractivity (Wildman–Crippen MR) is 95.3 cm³/mol. The van der Waals surface area contributed by atoms with Crippen LogP contribution < -0.4 is 5.73 Å². The molecule has 0 spiro atoms. The largest absolute Gasteiger partial charge is 0.462 e. The van der Waals surface area contributed by atoms with Gasteiger partial charge in [0, 0.05) is 11.0 Å². The average molecular weight is 403 g/mol. The van der Waals surface area contributed by atoms with Crippen molar-refractivity contribution in [3.63, 3.8) is 0 Å². The molecule has 0 fully saturated rings. The Kier molecular flexibility index (Phi) is 4.85. The first-order valence-electron chi connectivity index (χ1n) is 7.67. The summed E-state index contributed by atoms with van der Waals surface area (Å²) < 4.78 is 5.80. The van der Waals surface area contributed by atoms with Gasteiger partial charge in [0.2, 0.25) is 0 Å². The Labute approximate surface area is 152 Å². The van der Waals surface area contributed by atoms with E-state index in [9.17, 15) is 14.4 Å². The normalized spacial score (nSPS) is 13.1. The molecule has 0 saturated heterocycles. The molecule has 2 amide bonds. The zero-order valence-corrected chi connectivity index (χ0v) is 14.8. The fraction of sp³-hybridized carbons (Fsp3) is 0.167. The van der Waals surface area contributed by atoms with E-state index < -0.39 is 5.97 Å². The Balaban J connectivity index is 1.54. The van der Waals surface area contributed by atoms with Gasteiger partial charge in [-0.05, 0) is 46.6 Å². The summed E-state index contributed by atoms with van der Waals surface area (Å²) in [5, 5.41) is 0. The number of fused-ring (bicyclic) bond motifs is 1. The third-order valence-electron chi connectivity index (χ3n) is 3.91. The number of ether oxygens (including phenoxy) is 1. The maximum absolute atomic E-state index is 12.2. The Hall–Kier alpha value is -2.67. The Morgan fingerprint density at radius 3 is 2.32 bits per heavy atom. The van der Waals surface area contributed by atoms with Crippen molar-refractivity contribution in [2.24, 2.45) is 0 Å². The molecule has 0 unspecified atom stereocenters. The predicted octanol–water partition coefficient (Wildman–Crippen LogP) is 2.87. The zero-order valence-electron chi connectivity index (χ0n) is 13.2. The minimum absolute atomic E-state index is 0.0815. The maximum Gasteiger partial charge on any atom is 0.340 e. The second-order valence-corrected chi connectivity index (χ2v) is 6.35. The summed E-state index contributed by atoms with van der Waals surface area (Å²) >= 11 is 3.25. The molecule has 0 aliphatic carbocycles. The number of halogens is 1. The molecule has 0 bridgehead atoms. The lowest BCUT2D eigenvalue weighted by Crippen LogP contribution is -2.31. The Morgan fingerprint density at radius 1 is 1.04 bits per heavy atom. The van der Waals surface area contributed by atoms with Crippen LogP contribution in [0.15, 0.2) is 46.9 Å². The van der Waals surface area contributed by atoms with Crippen LogP contribution in [0.3, 0.4) is 0 Å². The molecule has 1 heterocycles. The number of carbonyl (C=O) groups is 3. The van der Waals surface area contributed by atoms with Crippen molar-refractivity contribution in [1.29, 1.82) is 0 Å². The van der Waals surface area contributed by atoms with Crippen LogP contribution >= 0.6 is 15.9 Å². The van der Waals surface area contributed by atoms with Gasteiger partial charge in [-0.1, -0.05) is 18.2 Å². The Morgan fingerprint density at radius 2 is 1.68 bits per heavy atom. The molecule has 1 aliphatic rings. The second-order valence-electron chi connectivity index (χ2n) is 5.50. The molecule has 2 aromatic rings. The smallest absolute Gasteiger partial charge is 0.340 e. The molecule has 128 valence electrons. The summed E-state index contributed by atoms with van der Waals surface area (Å²) in [7, 11) is 0. The number of nitrogen functional groups attached to an aromatic ring is 1. The number of benzene rings is 2. The monoisotopic (exact) mass is 402 g/mol. The highest BCUT2D eigenvalue weighted by atomic mass is 79.9. The van der Waals surface area contributed by atoms with E-state index in [1.54, 1.807) is 42.5 Å². The summed E-state index contributed by atoms with van der Waals surface area (Å²) in [4.78, 5) is 37.7. The van der Waals surface area contributed by atoms with E-state index >= 15 is 0 Å². The fourth-order valence-corrected chi connectivity index (χ4v) is 2.99. The highest BCUT2D eigenvalue weighted by molar-refractivity contribution is 9.10. The number of anilines is 1. The van der Waals surface area contributed by atoms with Crippen LogP contribution in [-0.4, -0.2) is 35.8 Å². The van der Waals surface area contributed by atoms with Gasteiger partial charge in [-0.2, -0.15) is 0 Å². The summed E-state index contributed by atoms with van der Waals surface area (Å²) in [6.45, 7) is 0.270. The van der Waals surface area contributed by atoms with E-state index in [0.29, 0.717) is 27.7 Å². The van der Waals surface area contributed by atoms with Gasteiger partial charge in [0.1, 0.15) is 0 Å². The number of imide groups is 1. The molecule has 0 atom stereocenters. The standard InChI is InChI=1S/C18H15BrN2O4/c19-14-8-3-7-13(15(14)20)18(24)25-10-4-9-21-16(22)11-5-1-2-6-12(11)17(21)23/h1-3,5-8H,4,9-10,20H2. The third kappa shape index (κ3) is 3.28. The topological polar surface area (TPSA) is 89.7 Å². The minimum Gasteiger partial charge on any atom is -0.462 e. The third-order valence-corrected chi connectivity index (χ3v) is 4.60. The molecule has 0 saturated carbocycles. The molecule has 1 aliphatic heterocycles. The van der Waals surface area contributed by atoms with Gasteiger partial charge >= 0.3 is 5.97 Å². The molecule has 3 rings (SSSR count). The van der Waals surface area contributed by atoms with Crippen LogP contribution in [0.2, 0.25) is 0 Å². The SMILES string of the molecule is Nc1c(Br)cccc1C(=O)OCCCN1C(=O)c2ccccc2C1=O. The van der Waals surface area contributed by atoms with Crippen molar-refractivity contribution in [1.82, 2.24) is 4.90 Å². The van der Waals surface area contributed by atoms with Crippen LogP contribution in [0.1, 0.15) is 37.5 Å². The van der Waals surface area contributed by atoms with E-state index in [4.69, 9.17) is 10.5 Å². The summed E-state index contributed by atoms with van der Waals surface area (Å²) in [6.07, 6.45) is 0.352. The first kappa shape index (κ1) is 17.2. The van der Waals surface area contributed by atoms with Crippen LogP contribution in [0.4, 0.5) is 5.69 Å². The molecular weight excluding hydrogens is 388 g/mol. The van der Waals surface area contributed by atoms with Crippen molar-refractivity contribution in [3.8, 4) is 0 Å². The Bertz CT molecular complexity index is 831. The number of amides is 2. The van der Waals surface area contributed by atoms with E-state index in [1.807, 2.05) is 0 Å². The zero-order chi connectivity index (χ0) is 18.0. The van der Waals surface area contributed by atoms with Crippen LogP contribution in [0.25, 0.3) is 0 Å². The van der Waals surface area contributed by atoms with Gasteiger partial charge < -0.3 is 10.5 Å². The maximum atomic E-state index is 12.2. The summed E-state index contributed by atoms with van der Waals surface area (Å²) in [5.41, 5.74) is 7.23. The van der Waals surface area contributed by atoms with Crippen molar-refractivity contribution in [2.75, 3.05) is 18.9 Å². The van der Waals surface area contributed by atoms with Gasteiger partial charge in [0.25, 0.3) is 11.8 Å². The van der Waals surface area contributed by atoms with Gasteiger partial charge in [0.05, 0.1) is 29.0 Å². The van der Waals surface area contributed by atoms with E-state index in [2.05, 4.69) is 15.9 Å². The average Bonchev–Trinajstić information content (AvgIpc) is 2.86. The van der Waals surface area contributed by atoms with Gasteiger partial charge in [-0.3, -0.25) is 14.5 Å². The number of rotatable bonds is 5. The number of para-hydroxylation sites is 1. The van der Waals surface area contributed by atoms with E-state index in [1.165, 1.54) is 4.90 Å². The van der Waals surface area contributed by atoms with E-state index in [0.717, 1.165) is 0 Å². The van der Waals surface area contributed by atoms with Crippen molar-refractivity contribution >= 4 is 39.4 Å². The van der Waals surface area contributed by atoms with E-state index in [-0.39, 0.29) is 30.5 Å². The molecule has 2 N–H and O–H groups in total.